The Morgan fingerprint density at radius 1 is 0.935 bits per heavy atom. The Balaban J connectivity index is 2.14. The fraction of sp³-hybridized carbons (Fsp3) is 0.316. The summed E-state index contributed by atoms with van der Waals surface area (Å²) in [5, 5.41) is 12.3. The van der Waals surface area contributed by atoms with Crippen LogP contribution in [0.2, 0.25) is 0 Å². The van der Waals surface area contributed by atoms with Crippen molar-refractivity contribution in [3.8, 4) is 0 Å². The summed E-state index contributed by atoms with van der Waals surface area (Å²) < 4.78 is 101. The smallest absolute Gasteiger partial charge is 0.379 e. The number of alkyl halides is 6. The first-order chi connectivity index (χ1) is 14.0. The van der Waals surface area contributed by atoms with Gasteiger partial charge in [0, 0.05) is 5.69 Å². The minimum Gasteiger partial charge on any atom is -0.379 e. The van der Waals surface area contributed by atoms with Gasteiger partial charge in [-0.2, -0.15) is 26.3 Å². The lowest BCUT2D eigenvalue weighted by Crippen LogP contribution is -2.46. The van der Waals surface area contributed by atoms with Crippen LogP contribution >= 0.6 is 0 Å². The van der Waals surface area contributed by atoms with Crippen molar-refractivity contribution in [3.05, 3.63) is 65.2 Å². The Morgan fingerprint density at radius 3 is 2.00 bits per heavy atom. The zero-order chi connectivity index (χ0) is 23.7. The molecule has 0 radical (unpaired) electrons. The quantitative estimate of drug-likeness (QED) is 0.626. The van der Waals surface area contributed by atoms with Gasteiger partial charge in [-0.3, -0.25) is 4.79 Å². The summed E-state index contributed by atoms with van der Waals surface area (Å²) in [6, 6.07) is 7.04. The Morgan fingerprint density at radius 2 is 1.45 bits per heavy atom. The highest BCUT2D eigenvalue weighted by Gasteiger charge is 2.37. The number of halogens is 6. The van der Waals surface area contributed by atoms with Crippen molar-refractivity contribution in [1.82, 2.24) is 0 Å². The second kappa shape index (κ2) is 8.50. The maximum Gasteiger partial charge on any atom is 0.416 e. The third-order valence-corrected chi connectivity index (χ3v) is 5.85. The SMILES string of the molecule is C[C@](O)(CS(=O)(=O)Cc1cccc(C(F)(F)F)c1)C(=O)Nc1cccc(C(F)(F)F)c1. The maximum absolute atomic E-state index is 12.8. The number of benzene rings is 2. The molecule has 0 aromatic heterocycles. The molecule has 0 saturated heterocycles. The molecular formula is C19H17F6NO4S. The lowest BCUT2D eigenvalue weighted by Gasteiger charge is -2.22. The van der Waals surface area contributed by atoms with E-state index in [-0.39, 0.29) is 11.3 Å². The van der Waals surface area contributed by atoms with Gasteiger partial charge in [-0.15, -0.1) is 0 Å². The molecule has 2 aromatic rings. The number of hydrogen-bond donors (Lipinski definition) is 2. The molecule has 2 rings (SSSR count). The van der Waals surface area contributed by atoms with Crippen molar-refractivity contribution in [1.29, 1.82) is 0 Å². The van der Waals surface area contributed by atoms with Crippen LogP contribution in [0.3, 0.4) is 0 Å². The molecule has 0 bridgehead atoms. The first kappa shape index (κ1) is 24.7. The Hall–Kier alpha value is -2.60. The number of hydrogen-bond acceptors (Lipinski definition) is 4. The van der Waals surface area contributed by atoms with Crippen molar-refractivity contribution in [2.75, 3.05) is 11.1 Å². The topological polar surface area (TPSA) is 83.5 Å². The van der Waals surface area contributed by atoms with Gasteiger partial charge in [-0.25, -0.2) is 8.42 Å². The average Bonchev–Trinajstić information content (AvgIpc) is 2.59. The van der Waals surface area contributed by atoms with E-state index < -0.39 is 56.3 Å². The number of amides is 1. The number of carbonyl (C=O) groups is 1. The summed E-state index contributed by atoms with van der Waals surface area (Å²) in [5.41, 5.74) is -5.22. The summed E-state index contributed by atoms with van der Waals surface area (Å²) in [6.07, 6.45) is -9.37. The second-order valence-electron chi connectivity index (χ2n) is 7.04. The molecular weight excluding hydrogens is 452 g/mol. The molecule has 0 aliphatic carbocycles. The van der Waals surface area contributed by atoms with E-state index in [0.717, 1.165) is 43.3 Å². The van der Waals surface area contributed by atoms with Crippen molar-refractivity contribution in [2.24, 2.45) is 0 Å². The number of sulfone groups is 1. The van der Waals surface area contributed by atoms with Gasteiger partial charge in [0.1, 0.15) is 0 Å². The highest BCUT2D eigenvalue weighted by Crippen LogP contribution is 2.31. The molecule has 31 heavy (non-hydrogen) atoms. The van der Waals surface area contributed by atoms with E-state index in [1.165, 1.54) is 0 Å². The van der Waals surface area contributed by atoms with Gasteiger partial charge in [-0.05, 0) is 36.8 Å². The summed E-state index contributed by atoms with van der Waals surface area (Å²) >= 11 is 0. The van der Waals surface area contributed by atoms with E-state index in [4.69, 9.17) is 0 Å². The third kappa shape index (κ3) is 6.96. The zero-order valence-electron chi connectivity index (χ0n) is 15.9. The van der Waals surface area contributed by atoms with Crippen LogP contribution in [-0.2, 0) is 32.7 Å². The van der Waals surface area contributed by atoms with Crippen LogP contribution in [0.25, 0.3) is 0 Å². The largest absolute Gasteiger partial charge is 0.416 e. The van der Waals surface area contributed by atoms with E-state index in [9.17, 15) is 44.7 Å². The van der Waals surface area contributed by atoms with Gasteiger partial charge in [0.15, 0.2) is 15.4 Å². The predicted octanol–water partition coefficient (Wildman–Crippen LogP) is 4.03. The fourth-order valence-corrected chi connectivity index (χ4v) is 4.45. The molecule has 0 fully saturated rings. The van der Waals surface area contributed by atoms with Crippen LogP contribution in [0.1, 0.15) is 23.6 Å². The van der Waals surface area contributed by atoms with E-state index >= 15 is 0 Å². The first-order valence-electron chi connectivity index (χ1n) is 8.57. The van der Waals surface area contributed by atoms with Crippen LogP contribution in [0.4, 0.5) is 32.0 Å². The van der Waals surface area contributed by atoms with Crippen LogP contribution in [0, 0.1) is 0 Å². The molecule has 0 aliphatic rings. The molecule has 12 heteroatoms. The molecule has 0 unspecified atom stereocenters. The summed E-state index contributed by atoms with van der Waals surface area (Å²) in [5.74, 6) is -3.34. The van der Waals surface area contributed by atoms with Gasteiger partial charge < -0.3 is 10.4 Å². The Bertz CT molecular complexity index is 1060. The number of nitrogens with one attached hydrogen (secondary N) is 1. The Labute approximate surface area is 173 Å². The van der Waals surface area contributed by atoms with Crippen molar-refractivity contribution < 1.29 is 44.7 Å². The number of anilines is 1. The second-order valence-corrected chi connectivity index (χ2v) is 9.10. The summed E-state index contributed by atoms with van der Waals surface area (Å²) in [4.78, 5) is 12.3. The van der Waals surface area contributed by atoms with Crippen molar-refractivity contribution in [2.45, 2.75) is 30.6 Å². The lowest BCUT2D eigenvalue weighted by atomic mass is 10.1. The molecule has 2 aromatic carbocycles. The van der Waals surface area contributed by atoms with Gasteiger partial charge >= 0.3 is 12.4 Å². The van der Waals surface area contributed by atoms with Gasteiger partial charge in [0.2, 0.25) is 0 Å². The van der Waals surface area contributed by atoms with Crippen LogP contribution in [0.15, 0.2) is 48.5 Å². The Kier molecular flexibility index (Phi) is 6.76. The highest BCUT2D eigenvalue weighted by molar-refractivity contribution is 7.90. The number of aliphatic hydroxyl groups is 1. The molecule has 0 heterocycles. The summed E-state index contributed by atoms with van der Waals surface area (Å²) in [6.45, 7) is 0.833. The molecule has 0 aliphatic heterocycles. The monoisotopic (exact) mass is 469 g/mol. The molecule has 2 N–H and O–H groups in total. The zero-order valence-corrected chi connectivity index (χ0v) is 16.7. The summed E-state index contributed by atoms with van der Waals surface area (Å²) in [7, 11) is -4.28. The normalized spacial score (nSPS) is 14.7. The third-order valence-electron chi connectivity index (χ3n) is 4.08. The van der Waals surface area contributed by atoms with Crippen LogP contribution < -0.4 is 5.32 Å². The molecule has 0 spiro atoms. The molecule has 1 amide bonds. The van der Waals surface area contributed by atoms with E-state index in [2.05, 4.69) is 0 Å². The number of rotatable bonds is 6. The number of carbonyl (C=O) groups excluding carboxylic acids is 1. The van der Waals surface area contributed by atoms with Gasteiger partial charge in [-0.1, -0.05) is 24.3 Å². The average molecular weight is 469 g/mol. The molecule has 170 valence electrons. The highest BCUT2D eigenvalue weighted by atomic mass is 32.2. The minimum atomic E-state index is -4.68. The van der Waals surface area contributed by atoms with Crippen molar-refractivity contribution in [3.63, 3.8) is 0 Å². The molecule has 5 nitrogen and oxygen atoms in total. The van der Waals surface area contributed by atoms with Crippen molar-refractivity contribution >= 4 is 21.4 Å². The van der Waals surface area contributed by atoms with E-state index in [1.807, 2.05) is 5.32 Å². The lowest BCUT2D eigenvalue weighted by molar-refractivity contribution is -0.138. The van der Waals surface area contributed by atoms with Crippen LogP contribution in [0.5, 0.6) is 0 Å². The fourth-order valence-electron chi connectivity index (χ4n) is 2.68. The standard InChI is InChI=1S/C19H17F6NO4S/c1-17(28,16(27)26-15-7-3-6-14(9-15)19(23,24)25)11-31(29,30)10-12-4-2-5-13(8-12)18(20,21)22/h2-9,28H,10-11H2,1H3,(H,26,27)/t17-/m0/s1. The predicted molar refractivity (Wildman–Crippen MR) is 99.6 cm³/mol. The van der Waals surface area contributed by atoms with Crippen LogP contribution in [-0.4, -0.2) is 30.8 Å². The molecule has 0 saturated carbocycles. The maximum atomic E-state index is 12.8. The van der Waals surface area contributed by atoms with E-state index in [1.54, 1.807) is 0 Å². The van der Waals surface area contributed by atoms with Gasteiger partial charge in [0.05, 0.1) is 22.6 Å². The molecule has 1 atom stereocenters. The first-order valence-corrected chi connectivity index (χ1v) is 10.4. The van der Waals surface area contributed by atoms with E-state index in [0.29, 0.717) is 12.1 Å². The van der Waals surface area contributed by atoms with Gasteiger partial charge in [0.25, 0.3) is 5.91 Å². The minimum absolute atomic E-state index is 0.205.